The van der Waals surface area contributed by atoms with Crippen molar-refractivity contribution < 1.29 is 0 Å². The van der Waals surface area contributed by atoms with Crippen LogP contribution < -0.4 is 5.73 Å². The molecule has 0 aromatic heterocycles. The van der Waals surface area contributed by atoms with E-state index in [9.17, 15) is 0 Å². The van der Waals surface area contributed by atoms with E-state index in [4.69, 9.17) is 11.0 Å². The van der Waals surface area contributed by atoms with Crippen LogP contribution in [0, 0.1) is 16.7 Å². The lowest BCUT2D eigenvalue weighted by molar-refractivity contribution is 0.282. The first kappa shape index (κ1) is 8.45. The molecule has 0 bridgehead atoms. The van der Waals surface area contributed by atoms with Gasteiger partial charge >= 0.3 is 0 Å². The Kier molecular flexibility index (Phi) is 1.88. The molecule has 0 unspecified atom stereocenters. The van der Waals surface area contributed by atoms with Gasteiger partial charge < -0.3 is 5.73 Å². The first-order valence-corrected chi connectivity index (χ1v) is 3.01. The van der Waals surface area contributed by atoms with Crippen molar-refractivity contribution in [2.45, 2.75) is 33.2 Å². The molecule has 0 amide bonds. The third-order valence-corrected chi connectivity index (χ3v) is 1.89. The minimum atomic E-state index is -0.438. The smallest absolute Gasteiger partial charge is 0.0703 e. The summed E-state index contributed by atoms with van der Waals surface area (Å²) in [6.45, 7) is 7.40. The number of nitrogens with zero attached hydrogens (tertiary/aromatic N) is 1. The molecule has 2 heteroatoms. The van der Waals surface area contributed by atoms with Crippen molar-refractivity contribution >= 4 is 0 Å². The zero-order valence-electron chi connectivity index (χ0n) is 6.52. The van der Waals surface area contributed by atoms with E-state index in [0.29, 0.717) is 0 Å². The summed E-state index contributed by atoms with van der Waals surface area (Å²) in [5.74, 6) is 0. The molecule has 0 fully saturated rings. The Labute approximate surface area is 56.7 Å². The number of rotatable bonds is 1. The van der Waals surface area contributed by atoms with Gasteiger partial charge in [0, 0.05) is 5.54 Å². The minimum absolute atomic E-state index is 0.415. The molecule has 0 aliphatic heterocycles. The van der Waals surface area contributed by atoms with E-state index >= 15 is 0 Å². The third kappa shape index (κ3) is 1.69. The Morgan fingerprint density at radius 1 is 1.22 bits per heavy atom. The van der Waals surface area contributed by atoms with E-state index in [-0.39, 0.29) is 0 Å². The summed E-state index contributed by atoms with van der Waals surface area (Å²) in [7, 11) is 0. The van der Waals surface area contributed by atoms with E-state index in [1.807, 2.05) is 27.7 Å². The highest BCUT2D eigenvalue weighted by molar-refractivity contribution is 5.04. The fourth-order valence-electron chi connectivity index (χ4n) is 0.144. The van der Waals surface area contributed by atoms with Crippen LogP contribution in [0.4, 0.5) is 0 Å². The van der Waals surface area contributed by atoms with Gasteiger partial charge in [0.05, 0.1) is 11.5 Å². The molecule has 9 heavy (non-hydrogen) atoms. The summed E-state index contributed by atoms with van der Waals surface area (Å²) in [5, 5.41) is 8.60. The van der Waals surface area contributed by atoms with E-state index in [1.165, 1.54) is 0 Å². The number of hydrogen-bond acceptors (Lipinski definition) is 2. The number of nitriles is 1. The second-order valence-electron chi connectivity index (χ2n) is 3.46. The summed E-state index contributed by atoms with van der Waals surface area (Å²) in [5.41, 5.74) is 4.85. The molecule has 0 aromatic carbocycles. The zero-order chi connectivity index (χ0) is 7.71. The molecule has 0 saturated heterocycles. The van der Waals surface area contributed by atoms with Gasteiger partial charge in [-0.15, -0.1) is 0 Å². The van der Waals surface area contributed by atoms with Crippen LogP contribution in [0.5, 0.6) is 0 Å². The zero-order valence-corrected chi connectivity index (χ0v) is 6.52. The summed E-state index contributed by atoms with van der Waals surface area (Å²) in [6.07, 6.45) is 0. The van der Waals surface area contributed by atoms with Gasteiger partial charge in [0.15, 0.2) is 0 Å². The Morgan fingerprint density at radius 2 is 1.56 bits per heavy atom. The second kappa shape index (κ2) is 2.00. The van der Waals surface area contributed by atoms with Crippen LogP contribution in [0.3, 0.4) is 0 Å². The van der Waals surface area contributed by atoms with Crippen molar-refractivity contribution in [1.82, 2.24) is 0 Å². The van der Waals surface area contributed by atoms with Crippen molar-refractivity contribution in [3.63, 3.8) is 0 Å². The van der Waals surface area contributed by atoms with Crippen LogP contribution in [0.15, 0.2) is 0 Å². The molecule has 2 N–H and O–H groups in total. The maximum absolute atomic E-state index is 8.60. The highest BCUT2D eigenvalue weighted by Crippen LogP contribution is 2.26. The van der Waals surface area contributed by atoms with Crippen molar-refractivity contribution in [1.29, 1.82) is 5.26 Å². The van der Waals surface area contributed by atoms with Crippen LogP contribution in [0.25, 0.3) is 0 Å². The molecule has 0 rings (SSSR count). The maximum Gasteiger partial charge on any atom is 0.0703 e. The normalized spacial score (nSPS) is 12.9. The van der Waals surface area contributed by atoms with Crippen molar-refractivity contribution in [3.8, 4) is 6.07 Å². The average molecular weight is 126 g/mol. The maximum atomic E-state index is 8.60. The van der Waals surface area contributed by atoms with Crippen LogP contribution in [-0.2, 0) is 0 Å². The molecule has 52 valence electrons. The Hall–Kier alpha value is -0.550. The topological polar surface area (TPSA) is 49.8 Å². The minimum Gasteiger partial charge on any atom is -0.324 e. The first-order chi connectivity index (χ1) is 3.81. The molecule has 0 aromatic rings. The van der Waals surface area contributed by atoms with Gasteiger partial charge in [-0.05, 0) is 27.7 Å². The molecule has 0 heterocycles. The Morgan fingerprint density at radius 3 is 1.56 bits per heavy atom. The lowest BCUT2D eigenvalue weighted by Gasteiger charge is -2.31. The van der Waals surface area contributed by atoms with E-state index < -0.39 is 11.0 Å². The van der Waals surface area contributed by atoms with Crippen molar-refractivity contribution in [2.75, 3.05) is 0 Å². The van der Waals surface area contributed by atoms with Gasteiger partial charge in [0.2, 0.25) is 0 Å². The van der Waals surface area contributed by atoms with Crippen LogP contribution >= 0.6 is 0 Å². The SMILES string of the molecule is CC(C)(N)C(C)(C)C#N. The molecule has 0 spiro atoms. The first-order valence-electron chi connectivity index (χ1n) is 3.01. The molecule has 0 radical (unpaired) electrons. The molecular formula is C7H14N2. The largest absolute Gasteiger partial charge is 0.324 e. The fourth-order valence-corrected chi connectivity index (χ4v) is 0.144. The van der Waals surface area contributed by atoms with Gasteiger partial charge in [-0.1, -0.05) is 0 Å². The molecule has 2 nitrogen and oxygen atoms in total. The second-order valence-corrected chi connectivity index (χ2v) is 3.46. The lowest BCUT2D eigenvalue weighted by Crippen LogP contribution is -2.46. The Bertz CT molecular complexity index is 134. The Balaban J connectivity index is 4.39. The predicted molar refractivity (Wildman–Crippen MR) is 37.7 cm³/mol. The van der Waals surface area contributed by atoms with Gasteiger partial charge in [-0.2, -0.15) is 5.26 Å². The van der Waals surface area contributed by atoms with Crippen LogP contribution in [0.1, 0.15) is 27.7 Å². The molecular weight excluding hydrogens is 112 g/mol. The summed E-state index contributed by atoms with van der Waals surface area (Å²) in [6, 6.07) is 2.16. The van der Waals surface area contributed by atoms with Crippen molar-refractivity contribution in [3.05, 3.63) is 0 Å². The summed E-state index contributed by atoms with van der Waals surface area (Å²) in [4.78, 5) is 0. The summed E-state index contributed by atoms with van der Waals surface area (Å²) >= 11 is 0. The third-order valence-electron chi connectivity index (χ3n) is 1.89. The standard InChI is InChI=1S/C7H14N2/c1-6(2,5-8)7(3,4)9/h9H2,1-4H3. The van der Waals surface area contributed by atoms with Gasteiger partial charge in [-0.3, -0.25) is 0 Å². The lowest BCUT2D eigenvalue weighted by atomic mass is 9.77. The van der Waals surface area contributed by atoms with Gasteiger partial charge in [0.25, 0.3) is 0 Å². The van der Waals surface area contributed by atoms with Crippen LogP contribution in [-0.4, -0.2) is 5.54 Å². The average Bonchev–Trinajstić information content (AvgIpc) is 1.64. The molecule has 0 saturated carbocycles. The van der Waals surface area contributed by atoms with Crippen LogP contribution in [0.2, 0.25) is 0 Å². The molecule has 0 aliphatic carbocycles. The van der Waals surface area contributed by atoms with Gasteiger partial charge in [-0.25, -0.2) is 0 Å². The quantitative estimate of drug-likeness (QED) is 0.575. The monoisotopic (exact) mass is 126 g/mol. The van der Waals surface area contributed by atoms with E-state index in [1.54, 1.807) is 0 Å². The number of nitrogens with two attached hydrogens (primary N) is 1. The van der Waals surface area contributed by atoms with Crippen molar-refractivity contribution in [2.24, 2.45) is 11.1 Å². The number of hydrogen-bond donors (Lipinski definition) is 1. The summed E-state index contributed by atoms with van der Waals surface area (Å²) < 4.78 is 0. The highest BCUT2D eigenvalue weighted by atomic mass is 14.7. The molecule has 0 aliphatic rings. The highest BCUT2D eigenvalue weighted by Gasteiger charge is 2.32. The van der Waals surface area contributed by atoms with Gasteiger partial charge in [0.1, 0.15) is 0 Å². The molecule has 0 atom stereocenters. The van der Waals surface area contributed by atoms with E-state index in [0.717, 1.165) is 0 Å². The predicted octanol–water partition coefficient (Wildman–Crippen LogP) is 1.27. The fraction of sp³-hybridized carbons (Fsp3) is 0.857. The van der Waals surface area contributed by atoms with E-state index in [2.05, 4.69) is 6.07 Å².